The molecule has 3 rings (SSSR count). The van der Waals surface area contributed by atoms with E-state index in [4.69, 9.17) is 4.74 Å². The number of hydrogen-bond donors (Lipinski definition) is 1. The van der Waals surface area contributed by atoms with Crippen molar-refractivity contribution >= 4 is 16.7 Å². The lowest BCUT2D eigenvalue weighted by molar-refractivity contribution is 0.297. The number of para-hydroxylation sites is 1. The third-order valence-electron chi connectivity index (χ3n) is 3.42. The van der Waals surface area contributed by atoms with Gasteiger partial charge in [-0.05, 0) is 43.3 Å². The van der Waals surface area contributed by atoms with Crippen molar-refractivity contribution in [1.82, 2.24) is 4.57 Å². The molecular formula is C18H17NO2. The molecular weight excluding hydrogens is 262 g/mol. The van der Waals surface area contributed by atoms with Gasteiger partial charge in [0.05, 0.1) is 17.8 Å². The van der Waals surface area contributed by atoms with Crippen molar-refractivity contribution in [2.75, 3.05) is 6.61 Å². The summed E-state index contributed by atoms with van der Waals surface area (Å²) < 4.78 is 7.67. The van der Waals surface area contributed by atoms with Gasteiger partial charge < -0.3 is 14.4 Å². The molecule has 3 heteroatoms. The van der Waals surface area contributed by atoms with Gasteiger partial charge >= 0.3 is 0 Å². The summed E-state index contributed by atoms with van der Waals surface area (Å²) in [4.78, 5) is 0. The third-order valence-corrected chi connectivity index (χ3v) is 3.42. The average Bonchev–Trinajstić information content (AvgIpc) is 2.88. The Hall–Kier alpha value is -2.68. The Labute approximate surface area is 123 Å². The predicted molar refractivity (Wildman–Crippen MR) is 85.6 cm³/mol. The van der Waals surface area contributed by atoms with E-state index < -0.39 is 0 Å². The zero-order valence-electron chi connectivity index (χ0n) is 11.9. The topological polar surface area (TPSA) is 34.4 Å². The minimum atomic E-state index is 0.250. The van der Waals surface area contributed by atoms with Crippen LogP contribution < -0.4 is 0 Å². The number of fused-ring (bicyclic) bond motifs is 1. The molecule has 2 aromatic carbocycles. The van der Waals surface area contributed by atoms with Crippen LogP contribution in [0.5, 0.6) is 5.75 Å². The van der Waals surface area contributed by atoms with E-state index in [2.05, 4.69) is 29.3 Å². The van der Waals surface area contributed by atoms with Crippen LogP contribution in [-0.4, -0.2) is 16.3 Å². The fraction of sp³-hybridized carbons (Fsp3) is 0.111. The summed E-state index contributed by atoms with van der Waals surface area (Å²) in [6.45, 7) is 6.54. The summed E-state index contributed by atoms with van der Waals surface area (Å²) in [6.07, 6.45) is 0. The number of phenolic OH excluding ortho intramolecular Hbond substituents is 1. The predicted octanol–water partition coefficient (Wildman–Crippen LogP) is 4.34. The molecule has 3 aromatic rings. The van der Waals surface area contributed by atoms with E-state index in [9.17, 15) is 5.11 Å². The molecule has 0 saturated heterocycles. The fourth-order valence-electron chi connectivity index (χ4n) is 2.49. The van der Waals surface area contributed by atoms with Crippen LogP contribution in [0.4, 0.5) is 0 Å². The maximum atomic E-state index is 9.48. The molecule has 1 heterocycles. The minimum absolute atomic E-state index is 0.250. The maximum Gasteiger partial charge on any atom is 0.136 e. The molecule has 1 aromatic heterocycles. The second-order valence-electron chi connectivity index (χ2n) is 4.80. The fourth-order valence-corrected chi connectivity index (χ4v) is 2.49. The zero-order valence-corrected chi connectivity index (χ0v) is 11.9. The highest BCUT2D eigenvalue weighted by molar-refractivity contribution is 5.86. The first-order chi connectivity index (χ1) is 10.2. The summed E-state index contributed by atoms with van der Waals surface area (Å²) in [5.74, 6) is 0.891. The van der Waals surface area contributed by atoms with E-state index in [0.29, 0.717) is 12.4 Å². The van der Waals surface area contributed by atoms with Crippen molar-refractivity contribution in [3.63, 3.8) is 0 Å². The Morgan fingerprint density at radius 1 is 1.14 bits per heavy atom. The van der Waals surface area contributed by atoms with Gasteiger partial charge in [0.15, 0.2) is 0 Å². The van der Waals surface area contributed by atoms with Crippen LogP contribution in [-0.2, 0) is 4.74 Å². The average molecular weight is 279 g/mol. The first kappa shape index (κ1) is 13.3. The first-order valence-corrected chi connectivity index (χ1v) is 6.92. The Morgan fingerprint density at radius 3 is 2.57 bits per heavy atom. The molecule has 0 aliphatic heterocycles. The summed E-state index contributed by atoms with van der Waals surface area (Å²) in [6, 6.07) is 17.3. The largest absolute Gasteiger partial charge is 0.508 e. The van der Waals surface area contributed by atoms with Crippen molar-refractivity contribution in [3.8, 4) is 11.4 Å². The van der Waals surface area contributed by atoms with Gasteiger partial charge in [-0.25, -0.2) is 0 Å². The summed E-state index contributed by atoms with van der Waals surface area (Å²) in [5, 5.41) is 10.6. The van der Waals surface area contributed by atoms with E-state index in [1.807, 2.05) is 31.2 Å². The number of phenols is 1. The Balaban J connectivity index is 2.24. The zero-order chi connectivity index (χ0) is 14.8. The second-order valence-corrected chi connectivity index (χ2v) is 4.80. The van der Waals surface area contributed by atoms with Gasteiger partial charge in [-0.1, -0.05) is 24.8 Å². The lowest BCUT2D eigenvalue weighted by Gasteiger charge is -2.13. The molecule has 0 amide bonds. The van der Waals surface area contributed by atoms with E-state index >= 15 is 0 Å². The lowest BCUT2D eigenvalue weighted by Crippen LogP contribution is -2.01. The summed E-state index contributed by atoms with van der Waals surface area (Å²) in [5.41, 5.74) is 2.97. The number of aromatic hydroxyl groups is 1. The molecule has 106 valence electrons. The molecule has 1 N–H and O–H groups in total. The second kappa shape index (κ2) is 5.37. The van der Waals surface area contributed by atoms with E-state index in [1.165, 1.54) is 0 Å². The maximum absolute atomic E-state index is 9.48. The van der Waals surface area contributed by atoms with Gasteiger partial charge in [0.2, 0.25) is 0 Å². The molecule has 0 bridgehead atoms. The van der Waals surface area contributed by atoms with E-state index in [-0.39, 0.29) is 5.75 Å². The lowest BCUT2D eigenvalue weighted by atomic mass is 10.2. The van der Waals surface area contributed by atoms with Crippen LogP contribution in [0.3, 0.4) is 0 Å². The van der Waals surface area contributed by atoms with Gasteiger partial charge in [0.1, 0.15) is 11.5 Å². The highest BCUT2D eigenvalue weighted by Crippen LogP contribution is 2.29. The van der Waals surface area contributed by atoms with Crippen LogP contribution in [0.1, 0.15) is 12.6 Å². The van der Waals surface area contributed by atoms with Gasteiger partial charge in [-0.15, -0.1) is 0 Å². The quantitative estimate of drug-likeness (QED) is 0.721. The number of aromatic nitrogens is 1. The smallest absolute Gasteiger partial charge is 0.136 e. The molecule has 0 atom stereocenters. The van der Waals surface area contributed by atoms with Crippen LogP contribution in [0.25, 0.3) is 22.3 Å². The van der Waals surface area contributed by atoms with Crippen LogP contribution >= 0.6 is 0 Å². The van der Waals surface area contributed by atoms with E-state index in [0.717, 1.165) is 22.3 Å². The Bertz CT molecular complexity index is 785. The van der Waals surface area contributed by atoms with Crippen molar-refractivity contribution < 1.29 is 9.84 Å². The highest BCUT2D eigenvalue weighted by atomic mass is 16.5. The highest BCUT2D eigenvalue weighted by Gasteiger charge is 2.13. The summed E-state index contributed by atoms with van der Waals surface area (Å²) >= 11 is 0. The molecule has 0 aliphatic carbocycles. The standard InChI is InChI=1S/C18H17NO2/c1-3-21-13(2)18-12-14-6-4-5-7-17(14)19(18)15-8-10-16(20)11-9-15/h4-12,20H,2-3H2,1H3. The normalized spacial score (nSPS) is 10.7. The molecule has 0 saturated carbocycles. The molecule has 0 spiro atoms. The van der Waals surface area contributed by atoms with Crippen LogP contribution in [0.2, 0.25) is 0 Å². The Kier molecular flexibility index (Phi) is 3.40. The van der Waals surface area contributed by atoms with Crippen molar-refractivity contribution in [1.29, 1.82) is 0 Å². The number of benzene rings is 2. The van der Waals surface area contributed by atoms with Crippen molar-refractivity contribution in [2.24, 2.45) is 0 Å². The summed E-state index contributed by atoms with van der Waals surface area (Å²) in [7, 11) is 0. The molecule has 0 aliphatic rings. The Morgan fingerprint density at radius 2 is 1.86 bits per heavy atom. The first-order valence-electron chi connectivity index (χ1n) is 6.92. The number of hydrogen-bond acceptors (Lipinski definition) is 2. The third kappa shape index (κ3) is 2.38. The van der Waals surface area contributed by atoms with Gasteiger partial charge in [-0.3, -0.25) is 0 Å². The van der Waals surface area contributed by atoms with Gasteiger partial charge in [0.25, 0.3) is 0 Å². The SMILES string of the molecule is C=C(OCC)c1cc2ccccc2n1-c1ccc(O)cc1. The van der Waals surface area contributed by atoms with Crippen molar-refractivity contribution in [2.45, 2.75) is 6.92 Å². The number of nitrogens with zero attached hydrogens (tertiary/aromatic N) is 1. The molecule has 21 heavy (non-hydrogen) atoms. The van der Waals surface area contributed by atoms with Crippen molar-refractivity contribution in [3.05, 3.63) is 66.9 Å². The number of rotatable bonds is 4. The van der Waals surface area contributed by atoms with Gasteiger partial charge in [-0.2, -0.15) is 0 Å². The van der Waals surface area contributed by atoms with E-state index in [1.54, 1.807) is 12.1 Å². The minimum Gasteiger partial charge on any atom is -0.508 e. The monoisotopic (exact) mass is 279 g/mol. The molecule has 3 nitrogen and oxygen atoms in total. The van der Waals surface area contributed by atoms with Gasteiger partial charge in [0, 0.05) is 11.1 Å². The molecule has 0 unspecified atom stereocenters. The molecule has 0 fully saturated rings. The number of ether oxygens (including phenoxy) is 1. The van der Waals surface area contributed by atoms with Crippen LogP contribution in [0.15, 0.2) is 61.2 Å². The van der Waals surface area contributed by atoms with Crippen LogP contribution in [0, 0.1) is 0 Å². The molecule has 0 radical (unpaired) electrons.